The number of aromatic amines is 1. The maximum Gasteiger partial charge on any atom is 0.0544 e. The zero-order chi connectivity index (χ0) is 18.4. The first-order valence-electron chi connectivity index (χ1n) is 9.38. The fraction of sp³-hybridized carbons (Fsp3) is 0.0769. The van der Waals surface area contributed by atoms with Crippen LogP contribution in [0.2, 0.25) is 0 Å². The average Bonchev–Trinajstić information content (AvgIpc) is 3.07. The molecule has 0 saturated carbocycles. The highest BCUT2D eigenvalue weighted by molar-refractivity contribution is 6.12. The monoisotopic (exact) mass is 347 g/mol. The maximum absolute atomic E-state index is 3.65. The third-order valence-corrected chi connectivity index (χ3v) is 5.37. The molecule has 0 radical (unpaired) electrons. The van der Waals surface area contributed by atoms with E-state index >= 15 is 0 Å². The fourth-order valence-corrected chi connectivity index (χ4v) is 3.96. The van der Waals surface area contributed by atoms with Gasteiger partial charge in [0.2, 0.25) is 0 Å². The first-order chi connectivity index (χ1) is 13.2. The summed E-state index contributed by atoms with van der Waals surface area (Å²) in [6.07, 6.45) is 0. The van der Waals surface area contributed by atoms with E-state index in [1.807, 2.05) is 0 Å². The molecule has 0 atom stereocenters. The Balaban J connectivity index is 1.82. The lowest BCUT2D eigenvalue weighted by Gasteiger charge is -2.13. The molecule has 1 heteroatoms. The van der Waals surface area contributed by atoms with Crippen molar-refractivity contribution in [3.8, 4) is 22.3 Å². The summed E-state index contributed by atoms with van der Waals surface area (Å²) in [6.45, 7) is 4.29. The number of rotatable bonds is 2. The van der Waals surface area contributed by atoms with Gasteiger partial charge in [0.15, 0.2) is 0 Å². The maximum atomic E-state index is 3.65. The molecule has 0 aliphatic heterocycles. The summed E-state index contributed by atoms with van der Waals surface area (Å²) in [7, 11) is 0. The molecule has 1 N–H and O–H groups in total. The average molecular weight is 347 g/mol. The van der Waals surface area contributed by atoms with Gasteiger partial charge < -0.3 is 4.98 Å². The quantitative estimate of drug-likeness (QED) is 0.345. The van der Waals surface area contributed by atoms with Gasteiger partial charge in [-0.1, -0.05) is 90.0 Å². The zero-order valence-electron chi connectivity index (χ0n) is 15.6. The number of aryl methyl sites for hydroxylation is 2. The van der Waals surface area contributed by atoms with Crippen LogP contribution < -0.4 is 0 Å². The van der Waals surface area contributed by atoms with Crippen molar-refractivity contribution >= 4 is 21.8 Å². The van der Waals surface area contributed by atoms with Crippen LogP contribution in [0, 0.1) is 13.8 Å². The number of benzene rings is 4. The minimum Gasteiger partial charge on any atom is -0.354 e. The molecule has 130 valence electrons. The smallest absolute Gasteiger partial charge is 0.0544 e. The predicted octanol–water partition coefficient (Wildman–Crippen LogP) is 7.27. The van der Waals surface area contributed by atoms with Crippen LogP contribution in [0.3, 0.4) is 0 Å². The Morgan fingerprint density at radius 1 is 0.556 bits per heavy atom. The summed E-state index contributed by atoms with van der Waals surface area (Å²) < 4.78 is 0. The van der Waals surface area contributed by atoms with E-state index in [1.165, 1.54) is 55.2 Å². The first-order valence-corrected chi connectivity index (χ1v) is 9.38. The molecule has 0 aliphatic rings. The third-order valence-electron chi connectivity index (χ3n) is 5.37. The van der Waals surface area contributed by atoms with Gasteiger partial charge in [-0.25, -0.2) is 0 Å². The van der Waals surface area contributed by atoms with Crippen LogP contribution in [-0.4, -0.2) is 4.98 Å². The van der Waals surface area contributed by atoms with Crippen molar-refractivity contribution in [3.63, 3.8) is 0 Å². The molecule has 0 bridgehead atoms. The standard InChI is InChI=1S/C26H21N/c1-17-10-13-19(14-11-17)20-15-12-18(2)16-24(20)23-8-5-7-22-21-6-3-4-9-25(21)27-26(22)23/h3-16,27H,1-2H3. The van der Waals surface area contributed by atoms with E-state index in [0.717, 1.165) is 0 Å². The van der Waals surface area contributed by atoms with E-state index < -0.39 is 0 Å². The van der Waals surface area contributed by atoms with Crippen LogP contribution >= 0.6 is 0 Å². The number of aromatic nitrogens is 1. The molecule has 0 saturated heterocycles. The van der Waals surface area contributed by atoms with Crippen molar-refractivity contribution < 1.29 is 0 Å². The van der Waals surface area contributed by atoms with E-state index in [9.17, 15) is 0 Å². The lowest BCUT2D eigenvalue weighted by molar-refractivity contribution is 1.44. The van der Waals surface area contributed by atoms with Gasteiger partial charge in [0.05, 0.1) is 5.52 Å². The minimum absolute atomic E-state index is 1.18. The topological polar surface area (TPSA) is 15.8 Å². The molecule has 5 aromatic rings. The van der Waals surface area contributed by atoms with Gasteiger partial charge in [-0.2, -0.15) is 0 Å². The van der Waals surface area contributed by atoms with Gasteiger partial charge in [-0.05, 0) is 36.6 Å². The number of hydrogen-bond donors (Lipinski definition) is 1. The number of para-hydroxylation sites is 2. The number of H-pyrrole nitrogens is 1. The number of fused-ring (bicyclic) bond motifs is 3. The Kier molecular flexibility index (Phi) is 3.61. The van der Waals surface area contributed by atoms with Crippen molar-refractivity contribution in [2.24, 2.45) is 0 Å². The first kappa shape index (κ1) is 15.9. The molecular weight excluding hydrogens is 326 g/mol. The Morgan fingerprint density at radius 2 is 1.30 bits per heavy atom. The van der Waals surface area contributed by atoms with E-state index in [-0.39, 0.29) is 0 Å². The molecule has 5 rings (SSSR count). The molecule has 1 nitrogen and oxygen atoms in total. The molecule has 1 aromatic heterocycles. The van der Waals surface area contributed by atoms with Crippen LogP contribution in [-0.2, 0) is 0 Å². The minimum atomic E-state index is 1.18. The highest BCUT2D eigenvalue weighted by Gasteiger charge is 2.13. The summed E-state index contributed by atoms with van der Waals surface area (Å²) in [5.74, 6) is 0. The molecule has 0 unspecified atom stereocenters. The van der Waals surface area contributed by atoms with Crippen molar-refractivity contribution in [1.29, 1.82) is 0 Å². The van der Waals surface area contributed by atoms with Crippen LogP contribution in [0.25, 0.3) is 44.1 Å². The highest BCUT2D eigenvalue weighted by Crippen LogP contribution is 2.38. The van der Waals surface area contributed by atoms with Gasteiger partial charge in [-0.15, -0.1) is 0 Å². The molecule has 0 spiro atoms. The lowest BCUT2D eigenvalue weighted by Crippen LogP contribution is -1.88. The Hall–Kier alpha value is -3.32. The van der Waals surface area contributed by atoms with Gasteiger partial charge >= 0.3 is 0 Å². The Bertz CT molecular complexity index is 1270. The summed E-state index contributed by atoms with van der Waals surface area (Å²) in [5.41, 5.74) is 10.00. The number of hydrogen-bond acceptors (Lipinski definition) is 0. The van der Waals surface area contributed by atoms with E-state index in [0.29, 0.717) is 0 Å². The van der Waals surface area contributed by atoms with Crippen LogP contribution in [0.15, 0.2) is 84.9 Å². The molecule has 27 heavy (non-hydrogen) atoms. The Morgan fingerprint density at radius 3 is 2.15 bits per heavy atom. The zero-order valence-corrected chi connectivity index (χ0v) is 15.6. The van der Waals surface area contributed by atoms with Crippen molar-refractivity contribution in [1.82, 2.24) is 4.98 Å². The summed E-state index contributed by atoms with van der Waals surface area (Å²) in [5, 5.41) is 2.55. The fourth-order valence-electron chi connectivity index (χ4n) is 3.96. The van der Waals surface area contributed by atoms with Crippen LogP contribution in [0.1, 0.15) is 11.1 Å². The molecular formula is C26H21N. The van der Waals surface area contributed by atoms with Crippen LogP contribution in [0.5, 0.6) is 0 Å². The Labute approximate surface area is 159 Å². The van der Waals surface area contributed by atoms with E-state index in [2.05, 4.69) is 104 Å². The highest BCUT2D eigenvalue weighted by atomic mass is 14.7. The molecule has 0 amide bonds. The van der Waals surface area contributed by atoms with Gasteiger partial charge in [0.1, 0.15) is 0 Å². The molecule has 0 fully saturated rings. The van der Waals surface area contributed by atoms with Crippen molar-refractivity contribution in [2.75, 3.05) is 0 Å². The third kappa shape index (κ3) is 2.63. The van der Waals surface area contributed by atoms with Gasteiger partial charge in [0.25, 0.3) is 0 Å². The van der Waals surface area contributed by atoms with E-state index in [1.54, 1.807) is 0 Å². The second kappa shape index (κ2) is 6.14. The normalized spacial score (nSPS) is 11.3. The van der Waals surface area contributed by atoms with Gasteiger partial charge in [0, 0.05) is 21.9 Å². The van der Waals surface area contributed by atoms with Crippen molar-refractivity contribution in [2.45, 2.75) is 13.8 Å². The second-order valence-electron chi connectivity index (χ2n) is 7.31. The van der Waals surface area contributed by atoms with E-state index in [4.69, 9.17) is 0 Å². The molecule has 0 aliphatic carbocycles. The summed E-state index contributed by atoms with van der Waals surface area (Å²) in [4.78, 5) is 3.65. The summed E-state index contributed by atoms with van der Waals surface area (Å²) >= 11 is 0. The van der Waals surface area contributed by atoms with Crippen molar-refractivity contribution in [3.05, 3.63) is 96.1 Å². The number of nitrogens with one attached hydrogen (secondary N) is 1. The van der Waals surface area contributed by atoms with Gasteiger partial charge in [-0.3, -0.25) is 0 Å². The second-order valence-corrected chi connectivity index (χ2v) is 7.31. The lowest BCUT2D eigenvalue weighted by atomic mass is 9.91. The predicted molar refractivity (Wildman–Crippen MR) is 116 cm³/mol. The molecule has 1 heterocycles. The summed E-state index contributed by atoms with van der Waals surface area (Å²) in [6, 6.07) is 30.7. The van der Waals surface area contributed by atoms with Crippen LogP contribution in [0.4, 0.5) is 0 Å². The molecule has 4 aromatic carbocycles. The SMILES string of the molecule is Cc1ccc(-c2ccc(C)cc2-c2cccc3c2[nH]c2ccccc23)cc1. The largest absolute Gasteiger partial charge is 0.354 e.